The van der Waals surface area contributed by atoms with E-state index in [1.807, 2.05) is 11.4 Å². The third-order valence-corrected chi connectivity index (χ3v) is 4.57. The van der Waals surface area contributed by atoms with Gasteiger partial charge < -0.3 is 10.6 Å². The van der Waals surface area contributed by atoms with E-state index in [9.17, 15) is 4.79 Å². The van der Waals surface area contributed by atoms with Crippen LogP contribution in [0.4, 0.5) is 0 Å². The Morgan fingerprint density at radius 2 is 2.56 bits per heavy atom. The van der Waals surface area contributed by atoms with Gasteiger partial charge in [0.1, 0.15) is 0 Å². The lowest BCUT2D eigenvalue weighted by Crippen LogP contribution is -2.38. The van der Waals surface area contributed by atoms with Crippen LogP contribution in [0, 0.1) is 8.80 Å². The van der Waals surface area contributed by atoms with Gasteiger partial charge in [0.05, 0.1) is 8.45 Å². The topological polar surface area (TPSA) is 41.1 Å². The van der Waals surface area contributed by atoms with Crippen LogP contribution in [0.15, 0.2) is 11.4 Å². The van der Waals surface area contributed by atoms with Gasteiger partial charge in [-0.1, -0.05) is 0 Å². The standard InChI is InChI=1S/C11H15IN2OS/c12-10-4-9(7-16-10)11(15)14-6-8-2-1-3-13-5-8/h4,7-8,13H,1-3,5-6H2,(H,14,15). The summed E-state index contributed by atoms with van der Waals surface area (Å²) in [6, 6.07) is 1.93. The van der Waals surface area contributed by atoms with Crippen LogP contribution < -0.4 is 10.6 Å². The predicted octanol–water partition coefficient (Wildman–Crippen LogP) is 2.08. The molecule has 1 unspecified atom stereocenters. The molecule has 1 aromatic rings. The summed E-state index contributed by atoms with van der Waals surface area (Å²) in [6.45, 7) is 2.94. The van der Waals surface area contributed by atoms with Crippen LogP contribution in [-0.2, 0) is 0 Å². The van der Waals surface area contributed by atoms with E-state index < -0.39 is 0 Å². The fraction of sp³-hybridized carbons (Fsp3) is 0.545. The van der Waals surface area contributed by atoms with Gasteiger partial charge in [0.25, 0.3) is 5.91 Å². The third-order valence-electron chi connectivity index (χ3n) is 2.78. The maximum atomic E-state index is 11.8. The maximum absolute atomic E-state index is 11.8. The second-order valence-corrected chi connectivity index (χ2v) is 6.87. The number of rotatable bonds is 3. The average Bonchev–Trinajstić information content (AvgIpc) is 2.74. The van der Waals surface area contributed by atoms with Gasteiger partial charge in [0.2, 0.25) is 0 Å². The summed E-state index contributed by atoms with van der Waals surface area (Å²) >= 11 is 3.84. The molecule has 1 fully saturated rings. The molecule has 1 atom stereocenters. The van der Waals surface area contributed by atoms with E-state index in [2.05, 4.69) is 33.2 Å². The van der Waals surface area contributed by atoms with Gasteiger partial charge in [-0.25, -0.2) is 0 Å². The first-order chi connectivity index (χ1) is 7.75. The second-order valence-electron chi connectivity index (χ2n) is 4.06. The Labute approximate surface area is 113 Å². The van der Waals surface area contributed by atoms with Gasteiger partial charge in [-0.3, -0.25) is 4.79 Å². The number of carbonyl (C=O) groups is 1. The van der Waals surface area contributed by atoms with E-state index in [4.69, 9.17) is 0 Å². The Kier molecular flexibility index (Phi) is 4.60. The summed E-state index contributed by atoms with van der Waals surface area (Å²) in [5.41, 5.74) is 0.790. The van der Waals surface area contributed by atoms with E-state index in [0.29, 0.717) is 5.92 Å². The molecule has 0 spiro atoms. The highest BCUT2D eigenvalue weighted by Gasteiger charge is 2.14. The minimum absolute atomic E-state index is 0.0599. The number of piperidine rings is 1. The Morgan fingerprint density at radius 3 is 3.19 bits per heavy atom. The summed E-state index contributed by atoms with van der Waals surface area (Å²) in [6.07, 6.45) is 2.44. The molecule has 2 N–H and O–H groups in total. The van der Waals surface area contributed by atoms with E-state index >= 15 is 0 Å². The quantitative estimate of drug-likeness (QED) is 0.820. The van der Waals surface area contributed by atoms with Crippen molar-refractivity contribution in [3.63, 3.8) is 0 Å². The predicted molar refractivity (Wildman–Crippen MR) is 75.0 cm³/mol. The molecule has 5 heteroatoms. The largest absolute Gasteiger partial charge is 0.352 e. The minimum Gasteiger partial charge on any atom is -0.352 e. The lowest BCUT2D eigenvalue weighted by molar-refractivity contribution is 0.0945. The summed E-state index contributed by atoms with van der Waals surface area (Å²) in [5.74, 6) is 0.653. The molecule has 2 rings (SSSR count). The van der Waals surface area contributed by atoms with Gasteiger partial charge >= 0.3 is 0 Å². The highest BCUT2D eigenvalue weighted by molar-refractivity contribution is 14.1. The fourth-order valence-electron chi connectivity index (χ4n) is 1.87. The first-order valence-corrected chi connectivity index (χ1v) is 7.44. The van der Waals surface area contributed by atoms with Crippen LogP contribution in [0.3, 0.4) is 0 Å². The third kappa shape index (κ3) is 3.43. The van der Waals surface area contributed by atoms with Crippen molar-refractivity contribution < 1.29 is 4.79 Å². The second kappa shape index (κ2) is 5.97. The Bertz CT molecular complexity index is 361. The van der Waals surface area contributed by atoms with Crippen molar-refractivity contribution in [3.8, 4) is 0 Å². The molecule has 88 valence electrons. The molecule has 1 saturated heterocycles. The molecule has 3 nitrogen and oxygen atoms in total. The van der Waals surface area contributed by atoms with Crippen LogP contribution in [0.2, 0.25) is 0 Å². The number of thiophene rings is 1. The van der Waals surface area contributed by atoms with Crippen LogP contribution in [0.1, 0.15) is 23.2 Å². The smallest absolute Gasteiger partial charge is 0.252 e. The SMILES string of the molecule is O=C(NCC1CCCNC1)c1csc(I)c1. The zero-order chi connectivity index (χ0) is 11.4. The molecule has 1 aromatic heterocycles. The lowest BCUT2D eigenvalue weighted by Gasteiger charge is -2.22. The normalized spacial score (nSPS) is 20.7. The summed E-state index contributed by atoms with van der Waals surface area (Å²) in [7, 11) is 0. The first kappa shape index (κ1) is 12.3. The van der Waals surface area contributed by atoms with Crippen LogP contribution in [0.25, 0.3) is 0 Å². The molecule has 0 bridgehead atoms. The van der Waals surface area contributed by atoms with Crippen LogP contribution >= 0.6 is 33.9 Å². The molecular formula is C11H15IN2OS. The Balaban J connectivity index is 1.79. The minimum atomic E-state index is 0.0599. The summed E-state index contributed by atoms with van der Waals surface area (Å²) < 4.78 is 1.15. The van der Waals surface area contributed by atoms with E-state index in [1.54, 1.807) is 11.3 Å². The Morgan fingerprint density at radius 1 is 1.69 bits per heavy atom. The van der Waals surface area contributed by atoms with E-state index in [-0.39, 0.29) is 5.91 Å². The molecular weight excluding hydrogens is 335 g/mol. The van der Waals surface area contributed by atoms with Crippen molar-refractivity contribution in [3.05, 3.63) is 19.9 Å². The number of nitrogens with one attached hydrogen (secondary N) is 2. The number of hydrogen-bond acceptors (Lipinski definition) is 3. The molecule has 0 aromatic carbocycles. The van der Waals surface area contributed by atoms with Crippen molar-refractivity contribution >= 4 is 39.8 Å². The van der Waals surface area contributed by atoms with Crippen LogP contribution in [0.5, 0.6) is 0 Å². The molecule has 0 aliphatic carbocycles. The van der Waals surface area contributed by atoms with Crippen molar-refractivity contribution in [1.29, 1.82) is 0 Å². The van der Waals surface area contributed by atoms with E-state index in [0.717, 1.165) is 28.1 Å². The molecule has 0 radical (unpaired) electrons. The number of carbonyl (C=O) groups excluding carboxylic acids is 1. The van der Waals surface area contributed by atoms with Crippen molar-refractivity contribution in [2.24, 2.45) is 5.92 Å². The number of halogens is 1. The number of hydrogen-bond donors (Lipinski definition) is 2. The van der Waals surface area contributed by atoms with Crippen molar-refractivity contribution in [2.75, 3.05) is 19.6 Å². The Hall–Kier alpha value is -0.140. The van der Waals surface area contributed by atoms with Crippen molar-refractivity contribution in [2.45, 2.75) is 12.8 Å². The molecule has 0 saturated carbocycles. The zero-order valence-electron chi connectivity index (χ0n) is 8.96. The highest BCUT2D eigenvalue weighted by Crippen LogP contribution is 2.16. The zero-order valence-corrected chi connectivity index (χ0v) is 11.9. The molecule has 1 amide bonds. The molecule has 1 aliphatic heterocycles. The fourth-order valence-corrected chi connectivity index (χ4v) is 3.19. The molecule has 2 heterocycles. The van der Waals surface area contributed by atoms with Gasteiger partial charge in [0, 0.05) is 11.9 Å². The highest BCUT2D eigenvalue weighted by atomic mass is 127. The molecule has 16 heavy (non-hydrogen) atoms. The average molecular weight is 350 g/mol. The van der Waals surface area contributed by atoms with Gasteiger partial charge in [-0.2, -0.15) is 0 Å². The van der Waals surface area contributed by atoms with Crippen LogP contribution in [-0.4, -0.2) is 25.5 Å². The van der Waals surface area contributed by atoms with Gasteiger partial charge in [-0.15, -0.1) is 11.3 Å². The monoisotopic (exact) mass is 350 g/mol. The van der Waals surface area contributed by atoms with Gasteiger partial charge in [0.15, 0.2) is 0 Å². The summed E-state index contributed by atoms with van der Waals surface area (Å²) in [5, 5.41) is 8.27. The lowest BCUT2D eigenvalue weighted by atomic mass is 10.00. The van der Waals surface area contributed by atoms with Crippen molar-refractivity contribution in [1.82, 2.24) is 10.6 Å². The maximum Gasteiger partial charge on any atom is 0.252 e. The summed E-state index contributed by atoms with van der Waals surface area (Å²) in [4.78, 5) is 11.8. The number of amides is 1. The van der Waals surface area contributed by atoms with E-state index in [1.165, 1.54) is 12.8 Å². The first-order valence-electron chi connectivity index (χ1n) is 5.48. The molecule has 1 aliphatic rings. The van der Waals surface area contributed by atoms with Gasteiger partial charge in [-0.05, 0) is 60.5 Å².